The highest BCUT2D eigenvalue weighted by atomic mass is 32.1. The summed E-state index contributed by atoms with van der Waals surface area (Å²) in [6, 6.07) is 9.45. The molecule has 24 heavy (non-hydrogen) atoms. The largest absolute Gasteiger partial charge is 0.139 e. The molecule has 0 radical (unpaired) electrons. The third-order valence-electron chi connectivity index (χ3n) is 4.65. The Bertz CT molecular complexity index is 893. The first kappa shape index (κ1) is 17.7. The van der Waals surface area contributed by atoms with Crippen LogP contribution < -0.4 is 0 Å². The van der Waals surface area contributed by atoms with Crippen molar-refractivity contribution in [1.29, 1.82) is 0 Å². The molecular weight excluding hydrogens is 328 g/mol. The molecule has 0 amide bonds. The fraction of sp³-hybridized carbons (Fsp3) is 0.455. The molecule has 2 heterocycles. The van der Waals surface area contributed by atoms with E-state index in [1.165, 1.54) is 41.4 Å². The summed E-state index contributed by atoms with van der Waals surface area (Å²) in [7, 11) is 0. The van der Waals surface area contributed by atoms with Crippen LogP contribution in [0.1, 0.15) is 63.1 Å². The molecule has 0 aliphatic carbocycles. The van der Waals surface area contributed by atoms with Gasteiger partial charge in [-0.2, -0.15) is 0 Å². The molecule has 3 aromatic rings. The van der Waals surface area contributed by atoms with Crippen LogP contribution in [0.3, 0.4) is 0 Å². The predicted octanol–water partition coefficient (Wildman–Crippen LogP) is 7.84. The maximum absolute atomic E-state index is 2.44. The van der Waals surface area contributed by atoms with Crippen molar-refractivity contribution >= 4 is 32.1 Å². The van der Waals surface area contributed by atoms with Gasteiger partial charge in [-0.05, 0) is 53.0 Å². The molecule has 0 aliphatic heterocycles. The minimum absolute atomic E-state index is 0.135. The van der Waals surface area contributed by atoms with Crippen molar-refractivity contribution in [2.45, 2.75) is 66.2 Å². The zero-order valence-corrected chi connectivity index (χ0v) is 17.8. The normalized spacial score (nSPS) is 13.0. The first-order valence-corrected chi connectivity index (χ1v) is 10.3. The molecule has 0 N–H and O–H groups in total. The van der Waals surface area contributed by atoms with Gasteiger partial charge in [0.2, 0.25) is 0 Å². The Labute approximate surface area is 154 Å². The summed E-state index contributed by atoms with van der Waals surface area (Å²) in [4.78, 5) is 2.85. The van der Waals surface area contributed by atoms with Crippen LogP contribution >= 0.6 is 22.7 Å². The van der Waals surface area contributed by atoms with Crippen LogP contribution in [0, 0.1) is 13.8 Å². The summed E-state index contributed by atoms with van der Waals surface area (Å²) in [5, 5.41) is 0. The van der Waals surface area contributed by atoms with E-state index in [1.54, 1.807) is 0 Å². The van der Waals surface area contributed by atoms with Gasteiger partial charge < -0.3 is 0 Å². The average molecular weight is 357 g/mol. The molecule has 2 aromatic heterocycles. The van der Waals surface area contributed by atoms with Gasteiger partial charge in [-0.3, -0.25) is 0 Å². The summed E-state index contributed by atoms with van der Waals surface area (Å²) < 4.78 is 2.90. The standard InChI is InChI=1S/C22H28S2/c1-13-11-18-20(23-13)14(2)19(24-18)16-10-9-15(21(3,4)5)12-17(16)22(6,7)8/h9-12H,1-8H3. The topological polar surface area (TPSA) is 0 Å². The first-order valence-electron chi connectivity index (χ1n) is 8.63. The lowest BCUT2D eigenvalue weighted by atomic mass is 9.78. The quantitative estimate of drug-likeness (QED) is 0.416. The Morgan fingerprint density at radius 2 is 1.46 bits per heavy atom. The highest BCUT2D eigenvalue weighted by Crippen LogP contribution is 2.45. The van der Waals surface area contributed by atoms with E-state index >= 15 is 0 Å². The van der Waals surface area contributed by atoms with Crippen LogP contribution in [0.2, 0.25) is 0 Å². The molecule has 0 fully saturated rings. The van der Waals surface area contributed by atoms with Gasteiger partial charge in [0.15, 0.2) is 0 Å². The highest BCUT2D eigenvalue weighted by molar-refractivity contribution is 7.29. The van der Waals surface area contributed by atoms with E-state index in [0.717, 1.165) is 0 Å². The van der Waals surface area contributed by atoms with Crippen molar-refractivity contribution in [3.63, 3.8) is 0 Å². The van der Waals surface area contributed by atoms with E-state index in [9.17, 15) is 0 Å². The van der Waals surface area contributed by atoms with Gasteiger partial charge in [0.1, 0.15) is 0 Å². The van der Waals surface area contributed by atoms with Gasteiger partial charge in [0, 0.05) is 19.2 Å². The van der Waals surface area contributed by atoms with Gasteiger partial charge in [-0.1, -0.05) is 59.7 Å². The molecule has 0 unspecified atom stereocenters. The molecule has 0 spiro atoms. The fourth-order valence-electron chi connectivity index (χ4n) is 3.20. The summed E-state index contributed by atoms with van der Waals surface area (Å²) >= 11 is 3.88. The van der Waals surface area contributed by atoms with Gasteiger partial charge in [0.05, 0.1) is 0 Å². The SMILES string of the molecule is Cc1cc2sc(-c3ccc(C(C)(C)C)cc3C(C)(C)C)c(C)c2s1. The van der Waals surface area contributed by atoms with Crippen molar-refractivity contribution in [3.05, 3.63) is 45.8 Å². The van der Waals surface area contributed by atoms with E-state index in [0.29, 0.717) is 0 Å². The third-order valence-corrected chi connectivity index (χ3v) is 7.22. The number of hydrogen-bond donors (Lipinski definition) is 0. The molecule has 0 saturated heterocycles. The zero-order chi connectivity index (χ0) is 17.9. The molecule has 1 aromatic carbocycles. The van der Waals surface area contributed by atoms with Crippen LogP contribution in [-0.2, 0) is 10.8 Å². The Hall–Kier alpha value is -1.12. The maximum atomic E-state index is 2.44. The van der Waals surface area contributed by atoms with Gasteiger partial charge in [-0.25, -0.2) is 0 Å². The number of hydrogen-bond acceptors (Lipinski definition) is 2. The minimum Gasteiger partial charge on any atom is -0.139 e. The number of benzene rings is 1. The Morgan fingerprint density at radius 1 is 0.792 bits per heavy atom. The van der Waals surface area contributed by atoms with Gasteiger partial charge in [-0.15, -0.1) is 22.7 Å². The third kappa shape index (κ3) is 3.07. The first-order chi connectivity index (χ1) is 11.0. The number of fused-ring (bicyclic) bond motifs is 1. The lowest BCUT2D eigenvalue weighted by Gasteiger charge is -2.27. The van der Waals surface area contributed by atoms with E-state index < -0.39 is 0 Å². The number of aryl methyl sites for hydroxylation is 2. The van der Waals surface area contributed by atoms with Crippen molar-refractivity contribution in [2.24, 2.45) is 0 Å². The molecular formula is C22H28S2. The highest BCUT2D eigenvalue weighted by Gasteiger charge is 2.24. The van der Waals surface area contributed by atoms with Crippen molar-refractivity contribution in [1.82, 2.24) is 0 Å². The van der Waals surface area contributed by atoms with Crippen LogP contribution in [-0.4, -0.2) is 0 Å². The molecule has 3 rings (SSSR count). The van der Waals surface area contributed by atoms with Gasteiger partial charge >= 0.3 is 0 Å². The smallest absolute Gasteiger partial charge is 0.0489 e. The molecule has 0 nitrogen and oxygen atoms in total. The minimum atomic E-state index is 0.135. The van der Waals surface area contributed by atoms with Crippen LogP contribution in [0.5, 0.6) is 0 Å². The monoisotopic (exact) mass is 356 g/mol. The van der Waals surface area contributed by atoms with Crippen molar-refractivity contribution in [3.8, 4) is 10.4 Å². The Kier molecular flexibility index (Phi) is 4.21. The second-order valence-corrected chi connectivity index (χ2v) is 11.2. The second-order valence-electron chi connectivity index (χ2n) is 8.87. The van der Waals surface area contributed by atoms with Crippen LogP contribution in [0.15, 0.2) is 24.3 Å². The van der Waals surface area contributed by atoms with E-state index in [1.807, 2.05) is 22.7 Å². The zero-order valence-electron chi connectivity index (χ0n) is 16.1. The average Bonchev–Trinajstić information content (AvgIpc) is 2.94. The predicted molar refractivity (Wildman–Crippen MR) is 112 cm³/mol. The molecule has 0 atom stereocenters. The molecule has 0 aliphatic rings. The van der Waals surface area contributed by atoms with Crippen molar-refractivity contribution < 1.29 is 0 Å². The van der Waals surface area contributed by atoms with Crippen molar-refractivity contribution in [2.75, 3.05) is 0 Å². The Morgan fingerprint density at radius 3 is 2.00 bits per heavy atom. The second kappa shape index (κ2) is 5.71. The molecule has 128 valence electrons. The van der Waals surface area contributed by atoms with Gasteiger partial charge in [0.25, 0.3) is 0 Å². The van der Waals surface area contributed by atoms with Crippen LogP contribution in [0.4, 0.5) is 0 Å². The molecule has 2 heteroatoms. The molecule has 0 saturated carbocycles. The Balaban J connectivity index is 2.26. The lowest BCUT2D eigenvalue weighted by molar-refractivity contribution is 0.570. The fourth-order valence-corrected chi connectivity index (χ4v) is 5.75. The van der Waals surface area contributed by atoms with E-state index in [2.05, 4.69) is 79.7 Å². The summed E-state index contributed by atoms with van der Waals surface area (Å²) in [6.45, 7) is 18.4. The number of rotatable bonds is 1. The van der Waals surface area contributed by atoms with E-state index in [4.69, 9.17) is 0 Å². The molecule has 0 bridgehead atoms. The lowest BCUT2D eigenvalue weighted by Crippen LogP contribution is -2.17. The van der Waals surface area contributed by atoms with Crippen LogP contribution in [0.25, 0.3) is 19.8 Å². The summed E-state index contributed by atoms with van der Waals surface area (Å²) in [6.07, 6.45) is 0. The maximum Gasteiger partial charge on any atom is 0.0489 e. The summed E-state index contributed by atoms with van der Waals surface area (Å²) in [5.41, 5.74) is 6.06. The number of thiophene rings is 2. The summed E-state index contributed by atoms with van der Waals surface area (Å²) in [5.74, 6) is 0. The van der Waals surface area contributed by atoms with E-state index in [-0.39, 0.29) is 10.8 Å².